The van der Waals surface area contributed by atoms with Crippen molar-refractivity contribution < 1.29 is 5.11 Å². The molecule has 0 radical (unpaired) electrons. The zero-order valence-electron chi connectivity index (χ0n) is 8.71. The number of aliphatic hydroxyl groups is 1. The molecular formula is C12H22O. The highest BCUT2D eigenvalue weighted by molar-refractivity contribution is 4.81. The van der Waals surface area contributed by atoms with Crippen LogP contribution in [0.5, 0.6) is 0 Å². The van der Waals surface area contributed by atoms with Gasteiger partial charge in [0.1, 0.15) is 0 Å². The average Bonchev–Trinajstić information content (AvgIpc) is 2.19. The molecule has 2 atom stereocenters. The molecule has 76 valence electrons. The second-order valence-corrected chi connectivity index (χ2v) is 4.41. The van der Waals surface area contributed by atoms with Crippen molar-refractivity contribution in [3.63, 3.8) is 0 Å². The Morgan fingerprint density at radius 1 is 1.38 bits per heavy atom. The van der Waals surface area contributed by atoms with E-state index >= 15 is 0 Å². The third-order valence-corrected chi connectivity index (χ3v) is 3.21. The second kappa shape index (κ2) is 5.43. The largest absolute Gasteiger partial charge is 0.393 e. The standard InChI is InChI=1S/C12H22O/c1-3-10(2)9-12(13)11-7-5-4-6-8-11/h3,10-13H,1,4-9H2,2H3/t10-,12+/m1/s1. The Hall–Kier alpha value is -0.300. The predicted octanol–water partition coefficient (Wildman–Crippen LogP) is 3.14. The summed E-state index contributed by atoms with van der Waals surface area (Å²) in [6.45, 7) is 5.87. The van der Waals surface area contributed by atoms with Gasteiger partial charge in [0.05, 0.1) is 6.10 Å². The van der Waals surface area contributed by atoms with E-state index in [0.29, 0.717) is 11.8 Å². The molecule has 0 heterocycles. The zero-order chi connectivity index (χ0) is 9.68. The van der Waals surface area contributed by atoms with E-state index in [9.17, 15) is 5.11 Å². The van der Waals surface area contributed by atoms with E-state index in [1.807, 2.05) is 6.08 Å². The maximum Gasteiger partial charge on any atom is 0.0573 e. The van der Waals surface area contributed by atoms with Crippen molar-refractivity contribution >= 4 is 0 Å². The Bertz CT molecular complexity index is 147. The van der Waals surface area contributed by atoms with Crippen molar-refractivity contribution in [1.82, 2.24) is 0 Å². The van der Waals surface area contributed by atoms with Crippen LogP contribution >= 0.6 is 0 Å². The maximum absolute atomic E-state index is 9.93. The van der Waals surface area contributed by atoms with Gasteiger partial charge in [0, 0.05) is 0 Å². The van der Waals surface area contributed by atoms with E-state index in [4.69, 9.17) is 0 Å². The van der Waals surface area contributed by atoms with E-state index < -0.39 is 0 Å². The van der Waals surface area contributed by atoms with Gasteiger partial charge in [-0.1, -0.05) is 32.3 Å². The van der Waals surface area contributed by atoms with E-state index in [1.54, 1.807) is 0 Å². The molecule has 0 saturated heterocycles. The minimum absolute atomic E-state index is 0.0895. The smallest absolute Gasteiger partial charge is 0.0573 e. The van der Waals surface area contributed by atoms with Crippen molar-refractivity contribution in [2.45, 2.75) is 51.6 Å². The first-order valence-electron chi connectivity index (χ1n) is 5.54. The summed E-state index contributed by atoms with van der Waals surface area (Å²) >= 11 is 0. The highest BCUT2D eigenvalue weighted by atomic mass is 16.3. The van der Waals surface area contributed by atoms with Crippen LogP contribution in [0.3, 0.4) is 0 Å². The third-order valence-electron chi connectivity index (χ3n) is 3.21. The monoisotopic (exact) mass is 182 g/mol. The number of aliphatic hydroxyl groups excluding tert-OH is 1. The van der Waals surface area contributed by atoms with Gasteiger partial charge in [0.25, 0.3) is 0 Å². The SMILES string of the molecule is C=C[C@@H](C)C[C@H](O)C1CCCCC1. The minimum atomic E-state index is -0.0895. The van der Waals surface area contributed by atoms with Gasteiger partial charge in [-0.2, -0.15) is 0 Å². The van der Waals surface area contributed by atoms with Crippen LogP contribution < -0.4 is 0 Å². The van der Waals surface area contributed by atoms with E-state index in [1.165, 1.54) is 32.1 Å². The number of hydrogen-bond acceptors (Lipinski definition) is 1. The summed E-state index contributed by atoms with van der Waals surface area (Å²) in [6, 6.07) is 0. The molecule has 1 aliphatic rings. The Labute approximate surface area is 81.9 Å². The van der Waals surface area contributed by atoms with Crippen LogP contribution in [-0.2, 0) is 0 Å². The van der Waals surface area contributed by atoms with Crippen LogP contribution in [0.15, 0.2) is 12.7 Å². The van der Waals surface area contributed by atoms with Crippen LogP contribution in [0, 0.1) is 11.8 Å². The average molecular weight is 182 g/mol. The molecule has 1 N–H and O–H groups in total. The van der Waals surface area contributed by atoms with Crippen LogP contribution in [0.4, 0.5) is 0 Å². The Morgan fingerprint density at radius 3 is 2.54 bits per heavy atom. The fourth-order valence-corrected chi connectivity index (χ4v) is 2.19. The molecule has 1 rings (SSSR count). The molecule has 1 heteroatoms. The van der Waals surface area contributed by atoms with Gasteiger partial charge in [-0.05, 0) is 31.1 Å². The van der Waals surface area contributed by atoms with Crippen molar-refractivity contribution in [1.29, 1.82) is 0 Å². The first-order chi connectivity index (χ1) is 6.24. The summed E-state index contributed by atoms with van der Waals surface area (Å²) in [5, 5.41) is 9.93. The number of hydrogen-bond donors (Lipinski definition) is 1. The maximum atomic E-state index is 9.93. The summed E-state index contributed by atoms with van der Waals surface area (Å²) in [4.78, 5) is 0. The van der Waals surface area contributed by atoms with Gasteiger partial charge >= 0.3 is 0 Å². The van der Waals surface area contributed by atoms with Crippen LogP contribution in [0.25, 0.3) is 0 Å². The van der Waals surface area contributed by atoms with E-state index in [0.717, 1.165) is 6.42 Å². The summed E-state index contributed by atoms with van der Waals surface area (Å²) < 4.78 is 0. The summed E-state index contributed by atoms with van der Waals surface area (Å²) in [5.41, 5.74) is 0. The predicted molar refractivity (Wildman–Crippen MR) is 56.6 cm³/mol. The molecule has 1 saturated carbocycles. The fraction of sp³-hybridized carbons (Fsp3) is 0.833. The Balaban J connectivity index is 2.28. The molecule has 0 bridgehead atoms. The summed E-state index contributed by atoms with van der Waals surface area (Å²) in [7, 11) is 0. The molecule has 0 aromatic heterocycles. The molecule has 1 aliphatic carbocycles. The molecule has 0 aliphatic heterocycles. The van der Waals surface area contributed by atoms with Gasteiger partial charge in [-0.3, -0.25) is 0 Å². The lowest BCUT2D eigenvalue weighted by molar-refractivity contribution is 0.0694. The minimum Gasteiger partial charge on any atom is -0.393 e. The lowest BCUT2D eigenvalue weighted by Crippen LogP contribution is -2.24. The molecule has 13 heavy (non-hydrogen) atoms. The summed E-state index contributed by atoms with van der Waals surface area (Å²) in [5.74, 6) is 1.02. The Kier molecular flexibility index (Phi) is 4.51. The van der Waals surface area contributed by atoms with Gasteiger partial charge in [0.2, 0.25) is 0 Å². The summed E-state index contributed by atoms with van der Waals surface area (Å²) in [6.07, 6.45) is 9.18. The van der Waals surface area contributed by atoms with E-state index in [-0.39, 0.29) is 6.10 Å². The van der Waals surface area contributed by atoms with Crippen LogP contribution in [0.1, 0.15) is 45.4 Å². The molecule has 0 aromatic carbocycles. The number of rotatable bonds is 4. The Morgan fingerprint density at radius 2 is 2.00 bits per heavy atom. The quantitative estimate of drug-likeness (QED) is 0.662. The van der Waals surface area contributed by atoms with Crippen LogP contribution in [0.2, 0.25) is 0 Å². The van der Waals surface area contributed by atoms with Crippen molar-refractivity contribution in [2.75, 3.05) is 0 Å². The normalized spacial score (nSPS) is 23.8. The first kappa shape index (κ1) is 10.8. The second-order valence-electron chi connectivity index (χ2n) is 4.41. The van der Waals surface area contributed by atoms with Crippen LogP contribution in [-0.4, -0.2) is 11.2 Å². The molecule has 1 fully saturated rings. The highest BCUT2D eigenvalue weighted by Gasteiger charge is 2.22. The lowest BCUT2D eigenvalue weighted by Gasteiger charge is -2.27. The van der Waals surface area contributed by atoms with Crippen molar-refractivity contribution in [2.24, 2.45) is 11.8 Å². The van der Waals surface area contributed by atoms with Crippen molar-refractivity contribution in [3.05, 3.63) is 12.7 Å². The first-order valence-corrected chi connectivity index (χ1v) is 5.54. The van der Waals surface area contributed by atoms with Gasteiger partial charge in [0.15, 0.2) is 0 Å². The topological polar surface area (TPSA) is 20.2 Å². The molecular weight excluding hydrogens is 160 g/mol. The molecule has 0 unspecified atom stereocenters. The molecule has 0 amide bonds. The number of allylic oxidation sites excluding steroid dienone is 1. The van der Waals surface area contributed by atoms with E-state index in [2.05, 4.69) is 13.5 Å². The molecule has 0 spiro atoms. The zero-order valence-corrected chi connectivity index (χ0v) is 8.71. The van der Waals surface area contributed by atoms with Crippen molar-refractivity contribution in [3.8, 4) is 0 Å². The molecule has 1 nitrogen and oxygen atoms in total. The van der Waals surface area contributed by atoms with Gasteiger partial charge < -0.3 is 5.11 Å². The molecule has 0 aromatic rings. The highest BCUT2D eigenvalue weighted by Crippen LogP contribution is 2.29. The fourth-order valence-electron chi connectivity index (χ4n) is 2.19. The van der Waals surface area contributed by atoms with Gasteiger partial charge in [-0.15, -0.1) is 6.58 Å². The third kappa shape index (κ3) is 3.51. The lowest BCUT2D eigenvalue weighted by atomic mass is 9.82. The van der Waals surface area contributed by atoms with Gasteiger partial charge in [-0.25, -0.2) is 0 Å².